The largest absolute Gasteiger partial charge is 0.461 e. The molecule has 0 aliphatic carbocycles. The fourth-order valence-electron chi connectivity index (χ4n) is 7.42. The summed E-state index contributed by atoms with van der Waals surface area (Å²) in [6.07, 6.45) is 11.3. The van der Waals surface area contributed by atoms with E-state index in [1.54, 1.807) is 30.5 Å². The van der Waals surface area contributed by atoms with E-state index in [0.29, 0.717) is 46.8 Å². The van der Waals surface area contributed by atoms with E-state index in [2.05, 4.69) is 33.0 Å². The van der Waals surface area contributed by atoms with Gasteiger partial charge in [0.1, 0.15) is 29.5 Å². The molecule has 0 radical (unpaired) electrons. The number of fused-ring (bicyclic) bond motifs is 3. The zero-order valence-corrected chi connectivity index (χ0v) is 24.7. The molecule has 226 valence electrons. The molecule has 3 aliphatic heterocycles. The highest BCUT2D eigenvalue weighted by atomic mass is 19.1. The number of rotatable bonds is 6. The second kappa shape index (κ2) is 11.1. The predicted molar refractivity (Wildman–Crippen MR) is 165 cm³/mol. The van der Waals surface area contributed by atoms with E-state index in [1.165, 1.54) is 6.07 Å². The molecule has 0 spiro atoms. The topological polar surface area (TPSA) is 66.4 Å². The summed E-state index contributed by atoms with van der Waals surface area (Å²) in [5.74, 6) is 1.70. The minimum Gasteiger partial charge on any atom is -0.461 e. The average Bonchev–Trinajstić information content (AvgIpc) is 3.73. The Labute approximate surface area is 254 Å². The first-order valence-electron chi connectivity index (χ1n) is 15.0. The Kier molecular flexibility index (Phi) is 7.18. The molecular weight excluding hydrogens is 565 g/mol. The fraction of sp³-hybridized carbons (Fsp3) is 0.382. The summed E-state index contributed by atoms with van der Waals surface area (Å²) in [5, 5.41) is 4.98. The molecule has 0 amide bonds. The first-order chi connectivity index (χ1) is 21.3. The predicted octanol–water partition coefficient (Wildman–Crippen LogP) is 5.76. The van der Waals surface area contributed by atoms with Gasteiger partial charge in [0.25, 0.3) is 0 Å². The number of benzene rings is 2. The number of nitrogens with one attached hydrogen (secondary N) is 1. The minimum absolute atomic E-state index is 0.00781. The Morgan fingerprint density at radius 1 is 1.25 bits per heavy atom. The molecule has 0 bridgehead atoms. The van der Waals surface area contributed by atoms with Crippen molar-refractivity contribution in [3.8, 4) is 29.6 Å². The Morgan fingerprint density at radius 3 is 2.89 bits per heavy atom. The lowest BCUT2D eigenvalue weighted by atomic mass is 9.94. The molecule has 1 unspecified atom stereocenters. The van der Waals surface area contributed by atoms with Crippen molar-refractivity contribution in [3.63, 3.8) is 0 Å². The highest BCUT2D eigenvalue weighted by molar-refractivity contribution is 6.02. The highest BCUT2D eigenvalue weighted by Crippen LogP contribution is 2.42. The number of anilines is 1. The maximum Gasteiger partial charge on any atom is 0.319 e. The SMILES string of the molecule is C#Cc1c(F)ccc2cccc(-c3ncc4c(N(C)[C@@H]5CCN[C@@H]5C)nc(OCC56CCCN5C/C(=C/F)C6)nc4c3F)c12. The van der Waals surface area contributed by atoms with Crippen LogP contribution in [0.4, 0.5) is 19.0 Å². The standard InChI is InChI=1S/C34H33F3N6O/c1-4-23-26(36)10-9-22-7-5-8-24(28(22)23)30-29(37)31-25(17-39-30)32(42(3)27-11-13-38-20(27)2)41-33(40-31)44-19-34-12-6-14-43(34)18-21(15-34)16-35/h1,5,7-10,16-17,20,27,38H,6,11-15,18-19H2,2-3H3/b21-16+/t20-,27-,34?/m1/s1. The van der Waals surface area contributed by atoms with Gasteiger partial charge < -0.3 is 15.0 Å². The van der Waals surface area contributed by atoms with Gasteiger partial charge in [0.05, 0.1) is 22.8 Å². The molecular formula is C34H33F3N6O. The number of pyridine rings is 1. The molecule has 3 atom stereocenters. The van der Waals surface area contributed by atoms with Crippen molar-refractivity contribution in [1.82, 2.24) is 25.2 Å². The molecule has 7 nitrogen and oxygen atoms in total. The van der Waals surface area contributed by atoms with Crippen molar-refractivity contribution in [2.45, 2.75) is 50.2 Å². The second-order valence-electron chi connectivity index (χ2n) is 12.2. The number of halogens is 3. The van der Waals surface area contributed by atoms with Crippen molar-refractivity contribution >= 4 is 27.5 Å². The number of likely N-dealkylation sites (N-methyl/N-ethyl adjacent to an activating group) is 1. The van der Waals surface area contributed by atoms with Crippen LogP contribution in [0.25, 0.3) is 32.9 Å². The van der Waals surface area contributed by atoms with Gasteiger partial charge in [0.15, 0.2) is 5.82 Å². The van der Waals surface area contributed by atoms with Crippen LogP contribution in [0.15, 0.2) is 48.4 Å². The molecule has 0 saturated carbocycles. The highest BCUT2D eigenvalue weighted by Gasteiger charge is 2.47. The quantitative estimate of drug-likeness (QED) is 0.283. The third kappa shape index (κ3) is 4.57. The van der Waals surface area contributed by atoms with Gasteiger partial charge in [-0.15, -0.1) is 6.42 Å². The summed E-state index contributed by atoms with van der Waals surface area (Å²) in [6, 6.07) is 8.51. The van der Waals surface area contributed by atoms with Gasteiger partial charge in [-0.25, -0.2) is 13.2 Å². The molecule has 10 heteroatoms. The van der Waals surface area contributed by atoms with Gasteiger partial charge in [0.2, 0.25) is 0 Å². The molecule has 3 fully saturated rings. The Hall–Kier alpha value is -4.20. The molecule has 3 saturated heterocycles. The molecule has 2 aromatic heterocycles. The van der Waals surface area contributed by atoms with Crippen molar-refractivity contribution < 1.29 is 17.9 Å². The van der Waals surface area contributed by atoms with Crippen LogP contribution in [-0.4, -0.2) is 70.8 Å². The Balaban J connectivity index is 1.36. The van der Waals surface area contributed by atoms with Crippen LogP contribution in [0.3, 0.4) is 0 Å². The Morgan fingerprint density at radius 2 is 2.11 bits per heavy atom. The zero-order valence-electron chi connectivity index (χ0n) is 24.7. The summed E-state index contributed by atoms with van der Waals surface area (Å²) in [6.45, 7) is 4.67. The summed E-state index contributed by atoms with van der Waals surface area (Å²) < 4.78 is 51.2. The lowest BCUT2D eigenvalue weighted by Gasteiger charge is -2.31. The first kappa shape index (κ1) is 28.6. The van der Waals surface area contributed by atoms with Crippen LogP contribution in [-0.2, 0) is 0 Å². The number of hydrogen-bond donors (Lipinski definition) is 1. The summed E-state index contributed by atoms with van der Waals surface area (Å²) in [5.41, 5.74) is 0.882. The minimum atomic E-state index is -0.675. The lowest BCUT2D eigenvalue weighted by Crippen LogP contribution is -2.43. The number of hydrogen-bond acceptors (Lipinski definition) is 7. The van der Waals surface area contributed by atoms with E-state index in [0.717, 1.165) is 37.9 Å². The molecule has 2 aromatic carbocycles. The maximum atomic E-state index is 16.7. The lowest BCUT2D eigenvalue weighted by molar-refractivity contribution is 0.108. The number of ether oxygens (including phenoxy) is 1. The van der Waals surface area contributed by atoms with Gasteiger partial charge in [-0.2, -0.15) is 9.97 Å². The second-order valence-corrected chi connectivity index (χ2v) is 12.2. The number of terminal acetylenes is 1. The van der Waals surface area contributed by atoms with Crippen LogP contribution in [0.1, 0.15) is 38.2 Å². The van der Waals surface area contributed by atoms with E-state index < -0.39 is 11.6 Å². The van der Waals surface area contributed by atoms with Crippen LogP contribution in [0.5, 0.6) is 6.01 Å². The number of nitrogens with zero attached hydrogens (tertiary/aromatic N) is 5. The van der Waals surface area contributed by atoms with Crippen LogP contribution in [0, 0.1) is 24.0 Å². The van der Waals surface area contributed by atoms with Crippen molar-refractivity contribution in [2.75, 3.05) is 38.2 Å². The average molecular weight is 599 g/mol. The van der Waals surface area contributed by atoms with Crippen molar-refractivity contribution in [1.29, 1.82) is 0 Å². The van der Waals surface area contributed by atoms with E-state index in [-0.39, 0.29) is 47.0 Å². The summed E-state index contributed by atoms with van der Waals surface area (Å²) in [4.78, 5) is 18.2. The molecule has 3 aliphatic rings. The third-order valence-electron chi connectivity index (χ3n) is 9.67. The van der Waals surface area contributed by atoms with Gasteiger partial charge in [-0.05, 0) is 62.7 Å². The van der Waals surface area contributed by atoms with Crippen LogP contribution >= 0.6 is 0 Å². The van der Waals surface area contributed by atoms with E-state index in [9.17, 15) is 8.78 Å². The molecule has 4 aromatic rings. The summed E-state index contributed by atoms with van der Waals surface area (Å²) >= 11 is 0. The van der Waals surface area contributed by atoms with Crippen molar-refractivity contribution in [2.24, 2.45) is 0 Å². The smallest absolute Gasteiger partial charge is 0.319 e. The third-order valence-corrected chi connectivity index (χ3v) is 9.67. The molecule has 44 heavy (non-hydrogen) atoms. The van der Waals surface area contributed by atoms with Crippen LogP contribution in [0.2, 0.25) is 0 Å². The fourth-order valence-corrected chi connectivity index (χ4v) is 7.42. The van der Waals surface area contributed by atoms with Crippen LogP contribution < -0.4 is 15.0 Å². The number of aromatic nitrogens is 3. The molecule has 5 heterocycles. The zero-order chi connectivity index (χ0) is 30.6. The monoisotopic (exact) mass is 598 g/mol. The van der Waals surface area contributed by atoms with E-state index in [1.807, 2.05) is 11.9 Å². The molecule has 1 N–H and O–H groups in total. The normalized spacial score (nSPS) is 24.3. The van der Waals surface area contributed by atoms with Gasteiger partial charge in [0, 0.05) is 42.8 Å². The molecule has 7 rings (SSSR count). The maximum absolute atomic E-state index is 16.7. The van der Waals surface area contributed by atoms with Gasteiger partial charge in [-0.3, -0.25) is 9.88 Å². The van der Waals surface area contributed by atoms with E-state index >= 15 is 4.39 Å². The Bertz CT molecular complexity index is 1860. The van der Waals surface area contributed by atoms with Crippen molar-refractivity contribution in [3.05, 3.63) is 65.6 Å². The van der Waals surface area contributed by atoms with E-state index in [4.69, 9.17) is 16.1 Å². The van der Waals surface area contributed by atoms with Gasteiger partial charge >= 0.3 is 6.01 Å². The van der Waals surface area contributed by atoms with Gasteiger partial charge in [-0.1, -0.05) is 30.2 Å². The first-order valence-corrected chi connectivity index (χ1v) is 15.0. The summed E-state index contributed by atoms with van der Waals surface area (Å²) in [7, 11) is 1.94.